The molecule has 0 saturated carbocycles. The summed E-state index contributed by atoms with van der Waals surface area (Å²) in [6, 6.07) is 12.8. The number of hydrogen-bond acceptors (Lipinski definition) is 5. The molecule has 3 N–H and O–H groups in total. The molecule has 0 bridgehead atoms. The largest absolute Gasteiger partial charge is 0.482 e. The molecule has 3 rings (SSSR count). The van der Waals surface area contributed by atoms with Crippen LogP contribution in [0.1, 0.15) is 57.4 Å². The molecule has 3 unspecified atom stereocenters. The van der Waals surface area contributed by atoms with E-state index in [4.69, 9.17) is 4.74 Å². The van der Waals surface area contributed by atoms with Gasteiger partial charge in [-0.3, -0.25) is 9.59 Å². The van der Waals surface area contributed by atoms with Gasteiger partial charge in [-0.25, -0.2) is 4.39 Å². The molecule has 0 radical (unpaired) electrons. The summed E-state index contributed by atoms with van der Waals surface area (Å²) in [6.45, 7) is 1.94. The van der Waals surface area contributed by atoms with E-state index in [1.807, 2.05) is 18.2 Å². The van der Waals surface area contributed by atoms with Gasteiger partial charge >= 0.3 is 0 Å². The predicted octanol–water partition coefficient (Wildman–Crippen LogP) is 4.74. The van der Waals surface area contributed by atoms with Crippen LogP contribution in [-0.4, -0.2) is 58.3 Å². The maximum atomic E-state index is 14.7. The predicted molar refractivity (Wildman–Crippen MR) is 156 cm³/mol. The number of carbonyl (C=O) groups is 2. The number of benzene rings is 2. The van der Waals surface area contributed by atoms with Crippen LogP contribution in [0.2, 0.25) is 0 Å². The van der Waals surface area contributed by atoms with E-state index in [-0.39, 0.29) is 38.4 Å². The number of halogens is 2. The zero-order valence-electron chi connectivity index (χ0n) is 22.3. The molecule has 0 aromatic heterocycles. The maximum absolute atomic E-state index is 14.7. The number of unbranched alkanes of at least 4 members (excludes halogenated alkanes) is 4. The minimum Gasteiger partial charge on any atom is -0.482 e. The molecule has 39 heavy (non-hydrogen) atoms. The van der Waals surface area contributed by atoms with Gasteiger partial charge in [0.25, 0.3) is 0 Å². The molecule has 7 nitrogen and oxygen atoms in total. The molecule has 0 fully saturated rings. The Kier molecular flexibility index (Phi) is 12.7. The summed E-state index contributed by atoms with van der Waals surface area (Å²) in [4.78, 5) is 28.1. The number of ether oxygens (including phenoxy) is 1. The zero-order valence-corrected chi connectivity index (χ0v) is 24.5. The summed E-state index contributed by atoms with van der Waals surface area (Å²) >= 11 is 2.13. The molecular formula is C30H38FIN2O5. The second kappa shape index (κ2) is 15.9. The van der Waals surface area contributed by atoms with Crippen LogP contribution in [0.25, 0.3) is 0 Å². The van der Waals surface area contributed by atoms with Crippen molar-refractivity contribution in [3.05, 3.63) is 75.1 Å². The molecule has 1 aliphatic carbocycles. The quantitative estimate of drug-likeness (QED) is 0.203. The van der Waals surface area contributed by atoms with Crippen molar-refractivity contribution in [3.63, 3.8) is 0 Å². The summed E-state index contributed by atoms with van der Waals surface area (Å²) in [5.41, 5.74) is 0.670. The summed E-state index contributed by atoms with van der Waals surface area (Å²) in [7, 11) is 0. The van der Waals surface area contributed by atoms with E-state index in [1.165, 1.54) is 11.0 Å². The number of rotatable bonds is 14. The Hall–Kier alpha value is -2.50. The highest BCUT2D eigenvalue weighted by Gasteiger charge is 2.40. The highest BCUT2D eigenvalue weighted by Crippen LogP contribution is 2.31. The lowest BCUT2D eigenvalue weighted by molar-refractivity contribution is -0.139. The molecule has 2 aromatic carbocycles. The van der Waals surface area contributed by atoms with Crippen LogP contribution in [-0.2, 0) is 16.1 Å². The lowest BCUT2D eigenvalue weighted by Gasteiger charge is -2.40. The third-order valence-electron chi connectivity index (χ3n) is 6.83. The molecule has 0 heterocycles. The van der Waals surface area contributed by atoms with Crippen LogP contribution in [0.15, 0.2) is 60.2 Å². The van der Waals surface area contributed by atoms with E-state index in [0.717, 1.165) is 29.3 Å². The number of aliphatic hydroxyl groups excluding tert-OH is 2. The van der Waals surface area contributed by atoms with Crippen LogP contribution in [0, 0.1) is 9.39 Å². The highest BCUT2D eigenvalue weighted by atomic mass is 127. The van der Waals surface area contributed by atoms with Gasteiger partial charge in [0.05, 0.1) is 16.2 Å². The monoisotopic (exact) mass is 652 g/mol. The Morgan fingerprint density at radius 1 is 1.10 bits per heavy atom. The van der Waals surface area contributed by atoms with Gasteiger partial charge in [0, 0.05) is 37.1 Å². The molecule has 3 atom stereocenters. The SMILES string of the molecule is CCCCCCCC(=O)N(Cc1ccccc1F)C1CC(C(=O)NCCO)=CC(Oc2ccccc2I)C1O. The van der Waals surface area contributed by atoms with Gasteiger partial charge in [-0.05, 0) is 53.3 Å². The standard InChI is InChI=1S/C30H38FIN2O5/c1-2-3-4-5-6-15-28(36)34(20-21-11-7-8-12-23(21)31)25-18-22(30(38)33-16-17-35)19-27(29(25)37)39-26-14-10-9-13-24(26)32/h7-14,19,25,27,29,35,37H,2-6,15-18,20H2,1H3,(H,33,38). The number of carbonyl (C=O) groups excluding carboxylic acids is 2. The van der Waals surface area contributed by atoms with Gasteiger partial charge in [0.15, 0.2) is 0 Å². The minimum atomic E-state index is -1.16. The van der Waals surface area contributed by atoms with E-state index in [2.05, 4.69) is 34.8 Å². The van der Waals surface area contributed by atoms with Crippen molar-refractivity contribution < 1.29 is 28.9 Å². The van der Waals surface area contributed by atoms with E-state index < -0.39 is 30.0 Å². The Balaban J connectivity index is 1.93. The Bertz CT molecular complexity index is 1130. The Morgan fingerprint density at radius 2 is 1.82 bits per heavy atom. The van der Waals surface area contributed by atoms with Crippen molar-refractivity contribution in [1.82, 2.24) is 10.2 Å². The molecule has 2 aromatic rings. The first-order valence-corrected chi connectivity index (χ1v) is 14.7. The molecule has 0 aliphatic heterocycles. The average Bonchev–Trinajstić information content (AvgIpc) is 2.93. The van der Waals surface area contributed by atoms with Gasteiger partial charge in [0.1, 0.15) is 23.8 Å². The second-order valence-electron chi connectivity index (χ2n) is 9.72. The fraction of sp³-hybridized carbons (Fsp3) is 0.467. The van der Waals surface area contributed by atoms with E-state index in [0.29, 0.717) is 23.3 Å². The lowest BCUT2D eigenvalue weighted by atomic mass is 9.87. The Labute approximate surface area is 243 Å². The summed E-state index contributed by atoms with van der Waals surface area (Å²) < 4.78 is 21.7. The fourth-order valence-electron chi connectivity index (χ4n) is 4.69. The second-order valence-corrected chi connectivity index (χ2v) is 10.9. The highest BCUT2D eigenvalue weighted by molar-refractivity contribution is 14.1. The number of aliphatic hydroxyl groups is 2. The topological polar surface area (TPSA) is 99.1 Å². The van der Waals surface area contributed by atoms with Crippen molar-refractivity contribution in [2.24, 2.45) is 0 Å². The molecule has 0 spiro atoms. The molecule has 1 aliphatic rings. The number of hydrogen-bond donors (Lipinski definition) is 3. The number of nitrogens with zero attached hydrogens (tertiary/aromatic N) is 1. The maximum Gasteiger partial charge on any atom is 0.247 e. The van der Waals surface area contributed by atoms with E-state index in [1.54, 1.807) is 30.3 Å². The first-order valence-electron chi connectivity index (χ1n) is 13.6. The summed E-state index contributed by atoms with van der Waals surface area (Å²) in [5, 5.41) is 23.4. The summed E-state index contributed by atoms with van der Waals surface area (Å²) in [5.74, 6) is -0.511. The minimum absolute atomic E-state index is 0.0384. The van der Waals surface area contributed by atoms with Gasteiger partial charge in [-0.2, -0.15) is 0 Å². The lowest BCUT2D eigenvalue weighted by Crippen LogP contribution is -2.54. The van der Waals surface area contributed by atoms with Gasteiger partial charge in [-0.15, -0.1) is 0 Å². The Morgan fingerprint density at radius 3 is 2.54 bits per heavy atom. The number of amides is 2. The number of nitrogens with one attached hydrogen (secondary N) is 1. The molecule has 0 saturated heterocycles. The van der Waals surface area contributed by atoms with Crippen LogP contribution in [0.4, 0.5) is 4.39 Å². The van der Waals surface area contributed by atoms with Crippen LogP contribution in [0.3, 0.4) is 0 Å². The third kappa shape index (κ3) is 9.01. The van der Waals surface area contributed by atoms with Crippen molar-refractivity contribution in [1.29, 1.82) is 0 Å². The van der Waals surface area contributed by atoms with Gasteiger partial charge in [0.2, 0.25) is 11.8 Å². The van der Waals surface area contributed by atoms with Crippen LogP contribution >= 0.6 is 22.6 Å². The molecule has 2 amide bonds. The van der Waals surface area contributed by atoms with Crippen molar-refractivity contribution in [2.75, 3.05) is 13.2 Å². The number of para-hydroxylation sites is 1. The van der Waals surface area contributed by atoms with E-state index >= 15 is 0 Å². The third-order valence-corrected chi connectivity index (χ3v) is 7.72. The van der Waals surface area contributed by atoms with Gasteiger partial charge < -0.3 is 25.2 Å². The fourth-order valence-corrected chi connectivity index (χ4v) is 5.20. The first-order chi connectivity index (χ1) is 18.8. The smallest absolute Gasteiger partial charge is 0.247 e. The van der Waals surface area contributed by atoms with Crippen molar-refractivity contribution >= 4 is 34.4 Å². The molecule has 212 valence electrons. The van der Waals surface area contributed by atoms with Crippen molar-refractivity contribution in [3.8, 4) is 5.75 Å². The molecular weight excluding hydrogens is 614 g/mol. The summed E-state index contributed by atoms with van der Waals surface area (Å²) in [6.07, 6.45) is 4.66. The van der Waals surface area contributed by atoms with Crippen LogP contribution in [0.5, 0.6) is 5.75 Å². The van der Waals surface area contributed by atoms with E-state index in [9.17, 15) is 24.2 Å². The van der Waals surface area contributed by atoms with Crippen molar-refractivity contribution in [2.45, 2.75) is 76.7 Å². The first kappa shape index (κ1) is 31.0. The zero-order chi connectivity index (χ0) is 28.2. The normalized spacial score (nSPS) is 18.8. The van der Waals surface area contributed by atoms with Gasteiger partial charge in [-0.1, -0.05) is 62.9 Å². The molecule has 9 heteroatoms. The van der Waals surface area contributed by atoms with Crippen LogP contribution < -0.4 is 10.1 Å². The average molecular weight is 653 g/mol.